The lowest BCUT2D eigenvalue weighted by Gasteiger charge is -2.35. The molecule has 0 aromatic carbocycles. The highest BCUT2D eigenvalue weighted by Gasteiger charge is 2.33. The summed E-state index contributed by atoms with van der Waals surface area (Å²) in [5.74, 6) is 0.602. The van der Waals surface area contributed by atoms with E-state index in [1.165, 1.54) is 0 Å². The van der Waals surface area contributed by atoms with Crippen LogP contribution in [0, 0.1) is 5.92 Å². The van der Waals surface area contributed by atoms with Crippen LogP contribution in [-0.4, -0.2) is 38.9 Å². The van der Waals surface area contributed by atoms with Gasteiger partial charge in [-0.05, 0) is 31.6 Å². The normalized spacial score (nSPS) is 27.8. The Kier molecular flexibility index (Phi) is 5.57. The quantitative estimate of drug-likeness (QED) is 0.685. The van der Waals surface area contributed by atoms with Gasteiger partial charge in [0.25, 0.3) is 0 Å². The van der Waals surface area contributed by atoms with Crippen molar-refractivity contribution in [1.29, 1.82) is 0 Å². The van der Waals surface area contributed by atoms with Gasteiger partial charge in [0.1, 0.15) is 0 Å². The summed E-state index contributed by atoms with van der Waals surface area (Å²) in [7, 11) is -2.91. The summed E-state index contributed by atoms with van der Waals surface area (Å²) in [6, 6.07) is 0. The molecule has 0 heterocycles. The molecular formula is C11H22N2O5S. The van der Waals surface area contributed by atoms with Crippen LogP contribution in [0.4, 0.5) is 4.79 Å². The molecule has 3 N–H and O–H groups in total. The van der Waals surface area contributed by atoms with Crippen molar-refractivity contribution in [2.24, 2.45) is 5.92 Å². The number of amides is 1. The molecule has 19 heavy (non-hydrogen) atoms. The summed E-state index contributed by atoms with van der Waals surface area (Å²) in [6.07, 6.45) is 2.91. The first kappa shape index (κ1) is 16.2. The van der Waals surface area contributed by atoms with Gasteiger partial charge in [0.05, 0.1) is 12.7 Å². The van der Waals surface area contributed by atoms with Gasteiger partial charge < -0.3 is 9.84 Å². The molecule has 112 valence electrons. The largest absolute Gasteiger partial charge is 0.452 e. The van der Waals surface area contributed by atoms with Gasteiger partial charge in [0.2, 0.25) is 0 Å². The third kappa shape index (κ3) is 5.33. The van der Waals surface area contributed by atoms with Crippen LogP contribution in [0.5, 0.6) is 0 Å². The van der Waals surface area contributed by atoms with E-state index in [0.717, 1.165) is 26.4 Å². The van der Waals surface area contributed by atoms with Gasteiger partial charge in [0, 0.05) is 6.54 Å². The molecule has 0 bridgehead atoms. The van der Waals surface area contributed by atoms with E-state index < -0.39 is 21.9 Å². The molecule has 1 amide bonds. The second-order valence-corrected chi connectivity index (χ2v) is 6.49. The topological polar surface area (TPSA) is 105 Å². The number of methoxy groups -OCH3 is 1. The van der Waals surface area contributed by atoms with E-state index in [0.29, 0.717) is 18.8 Å². The summed E-state index contributed by atoms with van der Waals surface area (Å²) in [6.45, 7) is 2.01. The highest BCUT2D eigenvalue weighted by atomic mass is 32.2. The first-order valence-corrected chi connectivity index (χ1v) is 7.86. The van der Waals surface area contributed by atoms with Gasteiger partial charge in [-0.2, -0.15) is 13.1 Å². The maximum atomic E-state index is 11.5. The van der Waals surface area contributed by atoms with Gasteiger partial charge >= 0.3 is 16.3 Å². The Labute approximate surface area is 113 Å². The van der Waals surface area contributed by atoms with Crippen molar-refractivity contribution >= 4 is 16.3 Å². The molecule has 0 radical (unpaired) electrons. The summed E-state index contributed by atoms with van der Waals surface area (Å²) in [4.78, 5) is 10.8. The van der Waals surface area contributed by atoms with Gasteiger partial charge in [-0.3, -0.25) is 0 Å². The van der Waals surface area contributed by atoms with E-state index in [1.54, 1.807) is 4.72 Å². The lowest BCUT2D eigenvalue weighted by Crippen LogP contribution is -2.49. The van der Waals surface area contributed by atoms with Crippen molar-refractivity contribution in [2.45, 2.75) is 44.6 Å². The van der Waals surface area contributed by atoms with Gasteiger partial charge in [-0.1, -0.05) is 13.3 Å². The minimum Gasteiger partial charge on any atom is -0.452 e. The van der Waals surface area contributed by atoms with E-state index in [2.05, 4.69) is 16.4 Å². The smallest absolute Gasteiger partial charge is 0.421 e. The van der Waals surface area contributed by atoms with Crippen LogP contribution < -0.4 is 9.44 Å². The van der Waals surface area contributed by atoms with E-state index in [1.807, 2.05) is 0 Å². The predicted octanol–water partition coefficient (Wildman–Crippen LogP) is 0.508. The summed E-state index contributed by atoms with van der Waals surface area (Å²) < 4.78 is 31.0. The monoisotopic (exact) mass is 294 g/mol. The zero-order valence-electron chi connectivity index (χ0n) is 11.3. The minimum absolute atomic E-state index is 0.101. The molecule has 1 saturated carbocycles. The number of nitrogens with one attached hydrogen (secondary N) is 2. The Morgan fingerprint density at radius 3 is 2.47 bits per heavy atom. The first-order chi connectivity index (χ1) is 8.80. The Morgan fingerprint density at radius 1 is 1.42 bits per heavy atom. The van der Waals surface area contributed by atoms with Crippen LogP contribution in [0.25, 0.3) is 0 Å². The van der Waals surface area contributed by atoms with Crippen LogP contribution in [-0.2, 0) is 14.9 Å². The third-order valence-electron chi connectivity index (χ3n) is 3.61. The van der Waals surface area contributed by atoms with Crippen LogP contribution in [0.15, 0.2) is 0 Å². The second kappa shape index (κ2) is 6.53. The predicted molar refractivity (Wildman–Crippen MR) is 69.7 cm³/mol. The number of carbonyl (C=O) groups is 1. The van der Waals surface area contributed by atoms with Gasteiger partial charge in [0.15, 0.2) is 0 Å². The molecule has 7 nitrogen and oxygen atoms in total. The highest BCUT2D eigenvalue weighted by molar-refractivity contribution is 7.88. The maximum Gasteiger partial charge on any atom is 0.421 e. The summed E-state index contributed by atoms with van der Waals surface area (Å²) in [5, 5.41) is 10.3. The Hall–Kier alpha value is -0.860. The molecule has 8 heteroatoms. The fourth-order valence-electron chi connectivity index (χ4n) is 2.22. The Morgan fingerprint density at radius 2 is 2.00 bits per heavy atom. The van der Waals surface area contributed by atoms with Crippen molar-refractivity contribution in [2.75, 3.05) is 13.7 Å². The van der Waals surface area contributed by atoms with Crippen LogP contribution in [0.2, 0.25) is 0 Å². The minimum atomic E-state index is -3.98. The fraction of sp³-hybridized carbons (Fsp3) is 0.909. The fourth-order valence-corrected chi connectivity index (χ4v) is 3.05. The van der Waals surface area contributed by atoms with Crippen LogP contribution in [0.3, 0.4) is 0 Å². The van der Waals surface area contributed by atoms with Crippen molar-refractivity contribution < 1.29 is 23.1 Å². The Bertz CT molecular complexity index is 401. The molecule has 0 atom stereocenters. The molecule has 0 aromatic rings. The number of hydrogen-bond donors (Lipinski definition) is 3. The lowest BCUT2D eigenvalue weighted by molar-refractivity contribution is -0.00449. The van der Waals surface area contributed by atoms with Crippen LogP contribution >= 0.6 is 0 Å². The zero-order valence-corrected chi connectivity index (χ0v) is 12.1. The molecule has 0 aliphatic heterocycles. The number of carbonyl (C=O) groups excluding carboxylic acids is 1. The third-order valence-corrected chi connectivity index (χ3v) is 4.57. The second-order valence-electron chi connectivity index (χ2n) is 4.99. The molecule has 1 rings (SSSR count). The number of aliphatic hydroxyl groups is 1. The molecule has 0 spiro atoms. The number of hydrogen-bond acceptors (Lipinski definition) is 5. The van der Waals surface area contributed by atoms with Crippen molar-refractivity contribution in [3.63, 3.8) is 0 Å². The van der Waals surface area contributed by atoms with E-state index in [-0.39, 0.29) is 6.54 Å². The zero-order chi connectivity index (χ0) is 14.5. The molecule has 0 saturated heterocycles. The van der Waals surface area contributed by atoms with Crippen LogP contribution in [0.1, 0.15) is 39.0 Å². The SMILES string of the molecule is CCC1CCC(O)(CNS(=O)(=O)NC(=O)OC)CC1. The lowest BCUT2D eigenvalue weighted by atomic mass is 9.78. The van der Waals surface area contributed by atoms with Crippen molar-refractivity contribution in [3.8, 4) is 0 Å². The molecule has 1 aliphatic carbocycles. The standard InChI is InChI=1S/C11H22N2O5S/c1-3-9-4-6-11(15,7-5-9)8-12-19(16,17)13-10(14)18-2/h9,12,15H,3-8H2,1-2H3,(H,13,14). The number of ether oxygens (including phenoxy) is 1. The average Bonchev–Trinajstić information content (AvgIpc) is 2.37. The molecule has 0 aromatic heterocycles. The van der Waals surface area contributed by atoms with Gasteiger partial charge in [-0.25, -0.2) is 9.52 Å². The van der Waals surface area contributed by atoms with E-state index in [4.69, 9.17) is 0 Å². The van der Waals surface area contributed by atoms with Gasteiger partial charge in [-0.15, -0.1) is 0 Å². The molecule has 1 aliphatic rings. The molecular weight excluding hydrogens is 272 g/mol. The highest BCUT2D eigenvalue weighted by Crippen LogP contribution is 2.33. The molecule has 1 fully saturated rings. The van der Waals surface area contributed by atoms with Crippen molar-refractivity contribution in [3.05, 3.63) is 0 Å². The number of rotatable bonds is 5. The molecule has 0 unspecified atom stereocenters. The van der Waals surface area contributed by atoms with Crippen molar-refractivity contribution in [1.82, 2.24) is 9.44 Å². The average molecular weight is 294 g/mol. The Balaban J connectivity index is 2.45. The maximum absolute atomic E-state index is 11.5. The summed E-state index contributed by atoms with van der Waals surface area (Å²) in [5.41, 5.74) is -1.03. The van der Waals surface area contributed by atoms with E-state index in [9.17, 15) is 18.3 Å². The first-order valence-electron chi connectivity index (χ1n) is 6.38. The summed E-state index contributed by atoms with van der Waals surface area (Å²) >= 11 is 0. The van der Waals surface area contributed by atoms with E-state index >= 15 is 0 Å².